The normalized spacial score (nSPS) is 43.9. The lowest BCUT2D eigenvalue weighted by atomic mass is 9.69. The number of allylic oxidation sites excluding steroid dienone is 3. The maximum atomic E-state index is 13.1. The summed E-state index contributed by atoms with van der Waals surface area (Å²) in [5, 5.41) is 5.61. The van der Waals surface area contributed by atoms with Gasteiger partial charge >= 0.3 is 0 Å². The topological polar surface area (TPSA) is 92.3 Å². The number of Topliss-reactive ketones (excluding diaryl/α,β-unsaturated/α-hetero) is 2. The highest BCUT2D eigenvalue weighted by Crippen LogP contribution is 2.59. The number of ketones is 2. The fourth-order valence-electron chi connectivity index (χ4n) is 8.43. The highest BCUT2D eigenvalue weighted by Gasteiger charge is 2.52. The van der Waals surface area contributed by atoms with Crippen molar-refractivity contribution in [1.82, 2.24) is 10.6 Å². The van der Waals surface area contributed by atoms with E-state index in [0.29, 0.717) is 54.9 Å². The summed E-state index contributed by atoms with van der Waals surface area (Å²) >= 11 is 0. The van der Waals surface area contributed by atoms with Crippen LogP contribution in [-0.4, -0.2) is 36.0 Å². The lowest BCUT2D eigenvalue weighted by Gasteiger charge is -2.35. The molecule has 0 spiro atoms. The Bertz CT molecular complexity index is 939. The lowest BCUT2D eigenvalue weighted by molar-refractivity contribution is -0.136. The van der Waals surface area contributed by atoms with Gasteiger partial charge in [-0.05, 0) is 91.9 Å². The molecule has 190 valence electrons. The minimum Gasteiger partial charge on any atom is -0.353 e. The molecule has 3 fully saturated rings. The molecule has 0 aromatic heterocycles. The molecule has 3 aliphatic carbocycles. The second-order valence-electron chi connectivity index (χ2n) is 11.8. The third-order valence-electron chi connectivity index (χ3n) is 10.0. The van der Waals surface area contributed by atoms with E-state index in [0.717, 1.165) is 31.1 Å². The first-order valence-electron chi connectivity index (χ1n) is 13.9. The van der Waals surface area contributed by atoms with Crippen LogP contribution in [0.15, 0.2) is 24.3 Å². The highest BCUT2D eigenvalue weighted by molar-refractivity contribution is 6.24. The number of amides is 2. The SMILES string of the molecule is CC[C@H]1[C@@H]2C=C[C@@H]3[C@H]4CC=CC(=O)NCCC[C@@H]5NC(=O)C(C(=O)CC[C@@H]4C[C@@H]3[C@H]2C[C@H]1C)C5=O. The van der Waals surface area contributed by atoms with Gasteiger partial charge in [0.2, 0.25) is 11.8 Å². The Labute approximate surface area is 208 Å². The van der Waals surface area contributed by atoms with Crippen LogP contribution in [0.5, 0.6) is 0 Å². The summed E-state index contributed by atoms with van der Waals surface area (Å²) < 4.78 is 0. The molecule has 5 aliphatic rings. The van der Waals surface area contributed by atoms with E-state index >= 15 is 0 Å². The summed E-state index contributed by atoms with van der Waals surface area (Å²) in [7, 11) is 0. The van der Waals surface area contributed by atoms with Crippen molar-refractivity contribution in [3.8, 4) is 0 Å². The molecular formula is C29H40N2O4. The average molecular weight is 481 g/mol. The highest BCUT2D eigenvalue weighted by atomic mass is 16.2. The summed E-state index contributed by atoms with van der Waals surface area (Å²) in [4.78, 5) is 50.7. The van der Waals surface area contributed by atoms with E-state index < -0.39 is 17.9 Å². The van der Waals surface area contributed by atoms with Crippen LogP contribution in [-0.2, 0) is 19.2 Å². The molecule has 2 bridgehead atoms. The van der Waals surface area contributed by atoms with Gasteiger partial charge in [-0.2, -0.15) is 0 Å². The summed E-state index contributed by atoms with van der Waals surface area (Å²) in [5.41, 5.74) is 0. The number of fused-ring (bicyclic) bond motifs is 7. The molecule has 2 aliphatic heterocycles. The first-order chi connectivity index (χ1) is 16.9. The number of hydrogen-bond acceptors (Lipinski definition) is 4. The molecule has 1 saturated heterocycles. The molecule has 0 aromatic rings. The molecule has 0 radical (unpaired) electrons. The zero-order chi connectivity index (χ0) is 24.7. The molecule has 35 heavy (non-hydrogen) atoms. The Morgan fingerprint density at radius 3 is 2.54 bits per heavy atom. The molecule has 5 rings (SSSR count). The fraction of sp³-hybridized carbons (Fsp3) is 0.724. The van der Waals surface area contributed by atoms with Gasteiger partial charge in [0.1, 0.15) is 0 Å². The number of carbonyl (C=O) groups is 4. The van der Waals surface area contributed by atoms with E-state index in [1.807, 2.05) is 6.08 Å². The first kappa shape index (κ1) is 24.5. The van der Waals surface area contributed by atoms with Gasteiger partial charge in [0, 0.05) is 13.0 Å². The number of hydrogen-bond donors (Lipinski definition) is 2. The zero-order valence-corrected chi connectivity index (χ0v) is 21.1. The van der Waals surface area contributed by atoms with Crippen molar-refractivity contribution in [2.45, 2.75) is 71.3 Å². The van der Waals surface area contributed by atoms with Crippen LogP contribution in [0, 0.1) is 53.3 Å². The van der Waals surface area contributed by atoms with Gasteiger partial charge in [-0.25, -0.2) is 0 Å². The minimum absolute atomic E-state index is 0.104. The van der Waals surface area contributed by atoms with Crippen molar-refractivity contribution in [3.63, 3.8) is 0 Å². The standard InChI is InChI=1S/C29H40N2O4/c1-3-18-16(2)14-22-20(18)10-11-21-19-6-4-8-26(33)30-13-5-7-24-28(34)27(29(35)31-24)25(32)12-9-17(19)15-23(21)22/h4,8,10-11,16-24,27H,3,5-7,9,12-15H2,1-2H3,(H,30,33)(H,31,35)/t16-,17-,18-,19+,20+,21-,22+,23+,24+,27?/m1/s1. The van der Waals surface area contributed by atoms with Crippen LogP contribution in [0.4, 0.5) is 0 Å². The van der Waals surface area contributed by atoms with Gasteiger partial charge in [-0.1, -0.05) is 38.5 Å². The predicted molar refractivity (Wildman–Crippen MR) is 133 cm³/mol. The van der Waals surface area contributed by atoms with Crippen molar-refractivity contribution in [2.24, 2.45) is 53.3 Å². The molecule has 6 nitrogen and oxygen atoms in total. The third kappa shape index (κ3) is 4.53. The Hall–Kier alpha value is -2.24. The van der Waals surface area contributed by atoms with Gasteiger partial charge in [0.15, 0.2) is 17.5 Å². The molecule has 1 unspecified atom stereocenters. The quantitative estimate of drug-likeness (QED) is 0.443. The largest absolute Gasteiger partial charge is 0.353 e. The van der Waals surface area contributed by atoms with Crippen LogP contribution in [0.3, 0.4) is 0 Å². The van der Waals surface area contributed by atoms with Crippen LogP contribution < -0.4 is 10.6 Å². The van der Waals surface area contributed by atoms with Gasteiger partial charge in [0.05, 0.1) is 6.04 Å². The van der Waals surface area contributed by atoms with Crippen molar-refractivity contribution >= 4 is 23.4 Å². The maximum absolute atomic E-state index is 13.1. The van der Waals surface area contributed by atoms with E-state index in [9.17, 15) is 19.2 Å². The van der Waals surface area contributed by atoms with Crippen molar-refractivity contribution in [2.75, 3.05) is 6.54 Å². The predicted octanol–water partition coefficient (Wildman–Crippen LogP) is 3.61. The Balaban J connectivity index is 1.37. The van der Waals surface area contributed by atoms with E-state index in [4.69, 9.17) is 0 Å². The number of rotatable bonds is 1. The van der Waals surface area contributed by atoms with Crippen LogP contribution in [0.2, 0.25) is 0 Å². The molecule has 10 atom stereocenters. The van der Waals surface area contributed by atoms with Crippen LogP contribution in [0.25, 0.3) is 0 Å². The van der Waals surface area contributed by atoms with Gasteiger partial charge in [-0.3, -0.25) is 19.2 Å². The molecular weight excluding hydrogens is 440 g/mol. The minimum atomic E-state index is -1.14. The third-order valence-corrected chi connectivity index (χ3v) is 10.0. The van der Waals surface area contributed by atoms with Gasteiger partial charge in [0.25, 0.3) is 0 Å². The number of carbonyl (C=O) groups excluding carboxylic acids is 4. The first-order valence-corrected chi connectivity index (χ1v) is 13.9. The van der Waals surface area contributed by atoms with E-state index in [1.54, 1.807) is 6.08 Å². The van der Waals surface area contributed by atoms with Crippen molar-refractivity contribution < 1.29 is 19.2 Å². The Morgan fingerprint density at radius 2 is 1.74 bits per heavy atom. The summed E-state index contributed by atoms with van der Waals surface area (Å²) in [6, 6.07) is -0.614. The second-order valence-corrected chi connectivity index (χ2v) is 11.8. The Morgan fingerprint density at radius 1 is 0.971 bits per heavy atom. The molecule has 2 heterocycles. The molecule has 2 saturated carbocycles. The fourth-order valence-corrected chi connectivity index (χ4v) is 8.43. The second kappa shape index (κ2) is 10.0. The summed E-state index contributed by atoms with van der Waals surface area (Å²) in [6.45, 7) is 5.16. The van der Waals surface area contributed by atoms with E-state index in [-0.39, 0.29) is 23.9 Å². The molecule has 2 amide bonds. The van der Waals surface area contributed by atoms with E-state index in [2.05, 4.69) is 36.6 Å². The van der Waals surface area contributed by atoms with E-state index in [1.165, 1.54) is 12.8 Å². The number of nitrogens with one attached hydrogen (secondary N) is 2. The van der Waals surface area contributed by atoms with Gasteiger partial charge < -0.3 is 10.6 Å². The summed E-state index contributed by atoms with van der Waals surface area (Å²) in [5.74, 6) is 2.54. The molecule has 2 N–H and O–H groups in total. The van der Waals surface area contributed by atoms with Crippen molar-refractivity contribution in [1.29, 1.82) is 0 Å². The molecule has 6 heteroatoms. The summed E-state index contributed by atoms with van der Waals surface area (Å²) in [6.07, 6.45) is 15.1. The zero-order valence-electron chi connectivity index (χ0n) is 21.1. The maximum Gasteiger partial charge on any atom is 0.243 e. The molecule has 0 aromatic carbocycles. The van der Waals surface area contributed by atoms with Crippen LogP contribution in [0.1, 0.15) is 65.2 Å². The smallest absolute Gasteiger partial charge is 0.243 e. The Kier molecular flexibility index (Phi) is 7.00. The van der Waals surface area contributed by atoms with Crippen molar-refractivity contribution in [3.05, 3.63) is 24.3 Å². The van der Waals surface area contributed by atoms with Gasteiger partial charge in [-0.15, -0.1) is 0 Å². The monoisotopic (exact) mass is 480 g/mol. The lowest BCUT2D eigenvalue weighted by Crippen LogP contribution is -2.31. The van der Waals surface area contributed by atoms with Crippen LogP contribution >= 0.6 is 0 Å². The average Bonchev–Trinajstić information content (AvgIpc) is 3.44.